The molecular weight excluding hydrogens is 328 g/mol. The van der Waals surface area contributed by atoms with E-state index in [0.29, 0.717) is 0 Å². The fraction of sp³-hybridized carbons (Fsp3) is 0.235. The van der Waals surface area contributed by atoms with E-state index in [1.54, 1.807) is 0 Å². The summed E-state index contributed by atoms with van der Waals surface area (Å²) in [4.78, 5) is 2.36. The summed E-state index contributed by atoms with van der Waals surface area (Å²) in [7, 11) is 0. The lowest BCUT2D eigenvalue weighted by molar-refractivity contribution is 0.318. The zero-order valence-electron chi connectivity index (χ0n) is 11.7. The maximum Gasteiger partial charge on any atom is 0.0889 e. The van der Waals surface area contributed by atoms with Crippen molar-refractivity contribution in [1.29, 1.82) is 0 Å². The largest absolute Gasteiger partial charge is 0.411 e. The molecule has 1 aliphatic heterocycles. The Bertz CT molecular complexity index is 669. The first kappa shape index (κ1) is 14.1. The van der Waals surface area contributed by atoms with Crippen molar-refractivity contribution < 1.29 is 5.21 Å². The number of hydrogen-bond acceptors (Lipinski definition) is 3. The van der Waals surface area contributed by atoms with Gasteiger partial charge in [0.05, 0.1) is 5.71 Å². The van der Waals surface area contributed by atoms with Crippen molar-refractivity contribution in [3.8, 4) is 0 Å². The molecule has 0 radical (unpaired) electrons. The summed E-state index contributed by atoms with van der Waals surface area (Å²) in [5.41, 5.74) is 4.22. The summed E-state index contributed by atoms with van der Waals surface area (Å²) in [5, 5.41) is 12.7. The lowest BCUT2D eigenvalue weighted by atomic mass is 10.1. The average Bonchev–Trinajstić information content (AvgIpc) is 2.67. The van der Waals surface area contributed by atoms with E-state index in [1.807, 2.05) is 24.3 Å². The van der Waals surface area contributed by atoms with Gasteiger partial charge < -0.3 is 10.1 Å². The molecule has 1 heterocycles. The third kappa shape index (κ3) is 3.10. The molecule has 4 heteroatoms. The van der Waals surface area contributed by atoms with Gasteiger partial charge >= 0.3 is 0 Å². The van der Waals surface area contributed by atoms with Crippen LogP contribution in [0.2, 0.25) is 0 Å². The Morgan fingerprint density at radius 2 is 2.00 bits per heavy atom. The van der Waals surface area contributed by atoms with Gasteiger partial charge in [0, 0.05) is 28.8 Å². The molecule has 0 saturated heterocycles. The van der Waals surface area contributed by atoms with E-state index in [1.165, 1.54) is 5.56 Å². The van der Waals surface area contributed by atoms with Crippen LogP contribution in [0.15, 0.2) is 58.2 Å². The van der Waals surface area contributed by atoms with E-state index in [2.05, 4.69) is 50.3 Å². The lowest BCUT2D eigenvalue weighted by Crippen LogP contribution is -2.23. The van der Waals surface area contributed by atoms with Gasteiger partial charge in [-0.2, -0.15) is 0 Å². The van der Waals surface area contributed by atoms with Gasteiger partial charge in [0.15, 0.2) is 0 Å². The molecule has 2 aromatic rings. The van der Waals surface area contributed by atoms with Gasteiger partial charge in [-0.25, -0.2) is 0 Å². The van der Waals surface area contributed by atoms with Crippen LogP contribution in [0.1, 0.15) is 24.0 Å². The number of benzene rings is 2. The Morgan fingerprint density at radius 1 is 1.14 bits per heavy atom. The van der Waals surface area contributed by atoms with Crippen molar-refractivity contribution >= 4 is 27.3 Å². The molecule has 0 spiro atoms. The van der Waals surface area contributed by atoms with Gasteiger partial charge in [0.25, 0.3) is 0 Å². The van der Waals surface area contributed by atoms with Crippen LogP contribution in [0.25, 0.3) is 0 Å². The molecule has 0 fully saturated rings. The second-order valence-corrected chi connectivity index (χ2v) is 6.13. The first-order chi connectivity index (χ1) is 10.3. The molecule has 2 aromatic carbocycles. The molecule has 0 aromatic heterocycles. The highest BCUT2D eigenvalue weighted by Crippen LogP contribution is 2.28. The number of hydrogen-bond donors (Lipinski definition) is 1. The van der Waals surface area contributed by atoms with E-state index in [4.69, 9.17) is 0 Å². The number of halogens is 1. The van der Waals surface area contributed by atoms with Gasteiger partial charge in [0.1, 0.15) is 0 Å². The summed E-state index contributed by atoms with van der Waals surface area (Å²) in [6.45, 7) is 1.82. The topological polar surface area (TPSA) is 35.8 Å². The van der Waals surface area contributed by atoms with Crippen molar-refractivity contribution in [2.75, 3.05) is 11.4 Å². The fourth-order valence-corrected chi connectivity index (χ4v) is 3.26. The number of nitrogens with zero attached hydrogens (tertiary/aromatic N) is 2. The second-order valence-electron chi connectivity index (χ2n) is 5.22. The standard InChI is InChI=1S/C17H17BrN2O/c18-14-6-3-5-13(11-14)12-20-10-4-8-16(19-21)15-7-1-2-9-17(15)20/h1-3,5-7,9,11,21H,4,8,10,12H2/b19-16-. The van der Waals surface area contributed by atoms with Gasteiger partial charge in [-0.15, -0.1) is 0 Å². The maximum atomic E-state index is 9.24. The normalized spacial score (nSPS) is 16.6. The Labute approximate surface area is 133 Å². The first-order valence-corrected chi connectivity index (χ1v) is 7.87. The molecule has 3 rings (SSSR count). The van der Waals surface area contributed by atoms with Gasteiger partial charge in [-0.05, 0) is 36.6 Å². The van der Waals surface area contributed by atoms with Crippen LogP contribution in [0.3, 0.4) is 0 Å². The summed E-state index contributed by atoms with van der Waals surface area (Å²) < 4.78 is 1.10. The number of fused-ring (bicyclic) bond motifs is 1. The van der Waals surface area contributed by atoms with Crippen LogP contribution in [0.5, 0.6) is 0 Å². The second kappa shape index (κ2) is 6.31. The van der Waals surface area contributed by atoms with Crippen molar-refractivity contribution in [2.24, 2.45) is 5.16 Å². The van der Waals surface area contributed by atoms with Crippen LogP contribution in [-0.4, -0.2) is 17.5 Å². The molecule has 0 saturated carbocycles. The van der Waals surface area contributed by atoms with E-state index >= 15 is 0 Å². The van der Waals surface area contributed by atoms with Gasteiger partial charge in [-0.3, -0.25) is 0 Å². The zero-order chi connectivity index (χ0) is 14.7. The highest BCUT2D eigenvalue weighted by molar-refractivity contribution is 9.10. The third-order valence-corrected chi connectivity index (χ3v) is 4.27. The fourth-order valence-electron chi connectivity index (χ4n) is 2.81. The summed E-state index contributed by atoms with van der Waals surface area (Å²) in [6.07, 6.45) is 1.80. The van der Waals surface area contributed by atoms with E-state index < -0.39 is 0 Å². The molecule has 0 unspecified atom stereocenters. The predicted octanol–water partition coefficient (Wildman–Crippen LogP) is 4.43. The summed E-state index contributed by atoms with van der Waals surface area (Å²) in [5.74, 6) is 0. The maximum absolute atomic E-state index is 9.24. The number of anilines is 1. The Balaban J connectivity index is 1.95. The van der Waals surface area contributed by atoms with E-state index in [-0.39, 0.29) is 0 Å². The average molecular weight is 345 g/mol. The molecule has 1 aliphatic rings. The molecule has 21 heavy (non-hydrogen) atoms. The van der Waals surface area contributed by atoms with Crippen LogP contribution >= 0.6 is 15.9 Å². The molecular formula is C17H17BrN2O. The highest BCUT2D eigenvalue weighted by Gasteiger charge is 2.19. The van der Waals surface area contributed by atoms with Crippen molar-refractivity contribution in [1.82, 2.24) is 0 Å². The lowest BCUT2D eigenvalue weighted by Gasteiger charge is -2.25. The summed E-state index contributed by atoms with van der Waals surface area (Å²) in [6, 6.07) is 16.5. The minimum atomic E-state index is 0.780. The number of oxime groups is 1. The first-order valence-electron chi connectivity index (χ1n) is 7.07. The quantitative estimate of drug-likeness (QED) is 0.646. The van der Waals surface area contributed by atoms with Crippen LogP contribution in [0.4, 0.5) is 5.69 Å². The van der Waals surface area contributed by atoms with Crippen molar-refractivity contribution in [2.45, 2.75) is 19.4 Å². The zero-order valence-corrected chi connectivity index (χ0v) is 13.3. The Morgan fingerprint density at radius 3 is 2.81 bits per heavy atom. The van der Waals surface area contributed by atoms with E-state index in [0.717, 1.165) is 47.4 Å². The number of rotatable bonds is 2. The minimum Gasteiger partial charge on any atom is -0.411 e. The van der Waals surface area contributed by atoms with Gasteiger partial charge in [-0.1, -0.05) is 51.4 Å². The number of para-hydroxylation sites is 1. The molecule has 0 aliphatic carbocycles. The molecule has 0 atom stereocenters. The molecule has 0 bridgehead atoms. The monoisotopic (exact) mass is 344 g/mol. The van der Waals surface area contributed by atoms with Crippen molar-refractivity contribution in [3.05, 3.63) is 64.1 Å². The Kier molecular flexibility index (Phi) is 4.25. The van der Waals surface area contributed by atoms with Crippen molar-refractivity contribution in [3.63, 3.8) is 0 Å². The molecule has 3 nitrogen and oxygen atoms in total. The predicted molar refractivity (Wildman–Crippen MR) is 89.2 cm³/mol. The minimum absolute atomic E-state index is 0.780. The Hall–Kier alpha value is -1.81. The van der Waals surface area contributed by atoms with Crippen LogP contribution in [0, 0.1) is 0 Å². The highest BCUT2D eigenvalue weighted by atomic mass is 79.9. The van der Waals surface area contributed by atoms with Crippen LogP contribution in [-0.2, 0) is 6.54 Å². The SMILES string of the molecule is O/N=C1/CCCN(Cc2cccc(Br)c2)c2ccccc21. The molecule has 1 N–H and O–H groups in total. The van der Waals surface area contributed by atoms with Gasteiger partial charge in [0.2, 0.25) is 0 Å². The van der Waals surface area contributed by atoms with Crippen LogP contribution < -0.4 is 4.90 Å². The summed E-state index contributed by atoms with van der Waals surface area (Å²) >= 11 is 3.52. The molecule has 108 valence electrons. The smallest absolute Gasteiger partial charge is 0.0889 e. The third-order valence-electron chi connectivity index (χ3n) is 3.78. The van der Waals surface area contributed by atoms with E-state index in [9.17, 15) is 5.21 Å². The molecule has 0 amide bonds.